The van der Waals surface area contributed by atoms with E-state index < -0.39 is 12.1 Å². The van der Waals surface area contributed by atoms with Crippen LogP contribution in [0.4, 0.5) is 0 Å². The largest absolute Gasteiger partial charge is 0.471 e. The van der Waals surface area contributed by atoms with Crippen LogP contribution in [0.25, 0.3) is 11.0 Å². The van der Waals surface area contributed by atoms with Crippen LogP contribution in [0.3, 0.4) is 0 Å². The van der Waals surface area contributed by atoms with Crippen molar-refractivity contribution in [1.29, 1.82) is 0 Å². The Morgan fingerprint density at radius 3 is 2.44 bits per heavy atom. The predicted molar refractivity (Wildman–Crippen MR) is 197 cm³/mol. The second-order valence-electron chi connectivity index (χ2n) is 15.6. The topological polar surface area (TPSA) is 101 Å². The van der Waals surface area contributed by atoms with Crippen molar-refractivity contribution in [2.45, 2.75) is 96.1 Å². The monoisotopic (exact) mass is 671 g/mol. The number of nitrogens with one attached hydrogen (secondary N) is 2. The van der Waals surface area contributed by atoms with Gasteiger partial charge in [0.25, 0.3) is 5.91 Å². The van der Waals surface area contributed by atoms with Crippen LogP contribution >= 0.6 is 0 Å². The summed E-state index contributed by atoms with van der Waals surface area (Å²) in [5, 5.41) is 18.7. The quantitative estimate of drug-likeness (QED) is 0.136. The summed E-state index contributed by atoms with van der Waals surface area (Å²) in [5.74, 6) is 0.471. The van der Waals surface area contributed by atoms with E-state index >= 15 is 0 Å². The molecule has 4 atom stereocenters. The van der Waals surface area contributed by atoms with E-state index in [4.69, 9.17) is 9.72 Å². The predicted octanol–water partition coefficient (Wildman–Crippen LogP) is 7.37. The summed E-state index contributed by atoms with van der Waals surface area (Å²) < 4.78 is 8.60. The lowest BCUT2D eigenvalue weighted by atomic mass is 9.73. The third-order valence-electron chi connectivity index (χ3n) is 10.4. The Bertz CT molecular complexity index is 1930. The number of hydrogen-bond acceptors (Lipinski definition) is 6. The smallest absolute Gasteiger partial charge is 0.251 e. The summed E-state index contributed by atoms with van der Waals surface area (Å²) in [6, 6.07) is 27.6. The van der Waals surface area contributed by atoms with E-state index in [0.29, 0.717) is 24.4 Å². The van der Waals surface area contributed by atoms with Gasteiger partial charge in [-0.2, -0.15) is 0 Å². The maximum atomic E-state index is 13.9. The molecule has 1 saturated carbocycles. The van der Waals surface area contributed by atoms with Crippen LogP contribution in [0.2, 0.25) is 0 Å². The van der Waals surface area contributed by atoms with Crippen LogP contribution in [0.15, 0.2) is 97.5 Å². The van der Waals surface area contributed by atoms with Crippen LogP contribution in [0, 0.1) is 5.41 Å². The van der Waals surface area contributed by atoms with Crippen molar-refractivity contribution >= 4 is 16.9 Å². The number of hydrogen-bond donors (Lipinski definition) is 3. The number of nitrogens with zero attached hydrogens (tertiary/aromatic N) is 3. The van der Waals surface area contributed by atoms with Gasteiger partial charge in [-0.15, -0.1) is 0 Å². The molecule has 1 aliphatic carbocycles. The van der Waals surface area contributed by atoms with Crippen LogP contribution in [-0.2, 0) is 12.8 Å². The van der Waals surface area contributed by atoms with E-state index in [-0.39, 0.29) is 29.0 Å². The van der Waals surface area contributed by atoms with Crippen molar-refractivity contribution in [1.82, 2.24) is 25.2 Å². The van der Waals surface area contributed by atoms with E-state index in [1.54, 1.807) is 0 Å². The van der Waals surface area contributed by atoms with E-state index in [1.165, 1.54) is 5.56 Å². The number of carbonyl (C=O) groups excluding carboxylic acids is 1. The Morgan fingerprint density at radius 1 is 1.00 bits per heavy atom. The lowest BCUT2D eigenvalue weighted by Gasteiger charge is -2.47. The van der Waals surface area contributed by atoms with E-state index in [2.05, 4.69) is 66.1 Å². The zero-order valence-electron chi connectivity index (χ0n) is 29.6. The lowest BCUT2D eigenvalue weighted by Crippen LogP contribution is -2.52. The Morgan fingerprint density at radius 2 is 1.74 bits per heavy atom. The van der Waals surface area contributed by atoms with Gasteiger partial charge in [-0.05, 0) is 85.4 Å². The molecule has 0 unspecified atom stereocenters. The molecule has 3 N–H and O–H groups in total. The number of pyridine rings is 1. The summed E-state index contributed by atoms with van der Waals surface area (Å²) >= 11 is 0. The highest BCUT2D eigenvalue weighted by molar-refractivity contribution is 5.97. The number of rotatable bonds is 11. The fourth-order valence-corrected chi connectivity index (χ4v) is 7.52. The van der Waals surface area contributed by atoms with Crippen LogP contribution in [0.1, 0.15) is 98.1 Å². The van der Waals surface area contributed by atoms with Crippen LogP contribution in [-0.4, -0.2) is 49.8 Å². The van der Waals surface area contributed by atoms with Crippen molar-refractivity contribution < 1.29 is 14.6 Å². The van der Waals surface area contributed by atoms with Crippen LogP contribution < -0.4 is 15.4 Å². The first kappa shape index (κ1) is 33.9. The summed E-state index contributed by atoms with van der Waals surface area (Å²) in [6.45, 7) is 9.14. The van der Waals surface area contributed by atoms with E-state index in [1.807, 2.05) is 79.3 Å². The minimum Gasteiger partial charge on any atom is -0.471 e. The molecule has 2 aromatic heterocycles. The molecule has 1 spiro atoms. The molecule has 2 aliphatic rings. The van der Waals surface area contributed by atoms with Gasteiger partial charge in [0.05, 0.1) is 35.5 Å². The highest BCUT2D eigenvalue weighted by Gasteiger charge is 2.46. The average molecular weight is 672 g/mol. The molecule has 3 aromatic carbocycles. The van der Waals surface area contributed by atoms with Crippen molar-refractivity contribution in [2.75, 3.05) is 6.54 Å². The first-order valence-corrected chi connectivity index (χ1v) is 18.0. The summed E-state index contributed by atoms with van der Waals surface area (Å²) in [5.41, 5.74) is 6.62. The first-order chi connectivity index (χ1) is 24.1. The standard InChI is InChI=1S/C42H49N5O3/c1-28(31-14-9-6-10-15-31)47-27-45-34-17-16-32(22-37(34)47)39(49)46-35(21-29-12-7-5-8-13-29)38(48)26-43-36-24-42(18-11-19-42)50-40-33(36)20-30(25-44-40)23-41(2,3)4/h5-10,12-17,20,22,25,27-28,35-36,38,43,48H,11,18-19,21,23-24,26H2,1-4H3,(H,46,49)/t28-,35+,36+,38-/m1/s1. The second kappa shape index (κ2) is 14.0. The number of benzene rings is 3. The summed E-state index contributed by atoms with van der Waals surface area (Å²) in [4.78, 5) is 23.3. The third-order valence-corrected chi connectivity index (χ3v) is 10.4. The number of amides is 1. The van der Waals surface area contributed by atoms with Crippen molar-refractivity contribution in [3.63, 3.8) is 0 Å². The molecule has 0 saturated heterocycles. The minimum absolute atomic E-state index is 0.0107. The zero-order chi connectivity index (χ0) is 34.9. The molecular weight excluding hydrogens is 622 g/mol. The number of imidazole rings is 1. The summed E-state index contributed by atoms with van der Waals surface area (Å²) in [7, 11) is 0. The van der Waals surface area contributed by atoms with Gasteiger partial charge in [0, 0.05) is 36.3 Å². The molecular formula is C42H49N5O3. The van der Waals surface area contributed by atoms with Crippen molar-refractivity contribution in [2.24, 2.45) is 5.41 Å². The first-order valence-electron chi connectivity index (χ1n) is 18.0. The van der Waals surface area contributed by atoms with Gasteiger partial charge < -0.3 is 25.0 Å². The van der Waals surface area contributed by atoms with Gasteiger partial charge in [0.1, 0.15) is 5.60 Å². The van der Waals surface area contributed by atoms with E-state index in [0.717, 1.165) is 59.8 Å². The average Bonchev–Trinajstić information content (AvgIpc) is 3.52. The second-order valence-corrected chi connectivity index (χ2v) is 15.6. The molecule has 1 aliphatic heterocycles. The van der Waals surface area contributed by atoms with Crippen LogP contribution in [0.5, 0.6) is 5.88 Å². The zero-order valence-corrected chi connectivity index (χ0v) is 29.6. The van der Waals surface area contributed by atoms with Crippen molar-refractivity contribution in [3.8, 4) is 5.88 Å². The Hall–Kier alpha value is -4.53. The maximum absolute atomic E-state index is 13.9. The molecule has 1 fully saturated rings. The highest BCUT2D eigenvalue weighted by atomic mass is 16.5. The number of aliphatic hydroxyl groups excluding tert-OH is 1. The third kappa shape index (κ3) is 7.47. The summed E-state index contributed by atoms with van der Waals surface area (Å²) in [6.07, 6.45) is 8.35. The fraction of sp³-hybridized carbons (Fsp3) is 0.405. The molecule has 8 nitrogen and oxygen atoms in total. The molecule has 7 rings (SSSR count). The Kier molecular flexibility index (Phi) is 9.51. The number of ether oxygens (including phenoxy) is 1. The number of fused-ring (bicyclic) bond motifs is 2. The molecule has 8 heteroatoms. The van der Waals surface area contributed by atoms with Gasteiger partial charge in [-0.1, -0.05) is 81.4 Å². The molecule has 3 heterocycles. The number of aliphatic hydroxyl groups is 1. The normalized spacial score (nSPS) is 18.5. The fourth-order valence-electron chi connectivity index (χ4n) is 7.52. The molecule has 0 radical (unpaired) electrons. The van der Waals surface area contributed by atoms with Gasteiger partial charge in [0.15, 0.2) is 0 Å². The molecule has 5 aromatic rings. The van der Waals surface area contributed by atoms with E-state index in [9.17, 15) is 9.90 Å². The maximum Gasteiger partial charge on any atom is 0.251 e. The molecule has 260 valence electrons. The van der Waals surface area contributed by atoms with Gasteiger partial charge in [0.2, 0.25) is 5.88 Å². The van der Waals surface area contributed by atoms with Gasteiger partial charge in [-0.3, -0.25) is 4.79 Å². The number of aromatic nitrogens is 3. The Labute approximate surface area is 295 Å². The minimum atomic E-state index is -0.846. The number of carbonyl (C=O) groups is 1. The Balaban J connectivity index is 1.11. The molecule has 50 heavy (non-hydrogen) atoms. The van der Waals surface area contributed by atoms with Gasteiger partial charge in [-0.25, -0.2) is 9.97 Å². The van der Waals surface area contributed by atoms with Crippen molar-refractivity contribution in [3.05, 3.63) is 125 Å². The molecule has 0 bridgehead atoms. The van der Waals surface area contributed by atoms with Gasteiger partial charge >= 0.3 is 0 Å². The SMILES string of the molecule is C[C@H](c1ccccc1)n1cnc2ccc(C(=O)N[C@@H](Cc3ccccc3)[C@H](O)CN[C@H]3CC4(CCC4)Oc4ncc(CC(C)(C)C)cc43)cc21. The molecule has 1 amide bonds. The lowest BCUT2D eigenvalue weighted by molar-refractivity contribution is -0.0421. The highest BCUT2D eigenvalue weighted by Crippen LogP contribution is 2.48.